The van der Waals surface area contributed by atoms with Gasteiger partial charge in [0.1, 0.15) is 18.1 Å². The first-order valence-corrected chi connectivity index (χ1v) is 7.49. The van der Waals surface area contributed by atoms with Gasteiger partial charge >= 0.3 is 0 Å². The summed E-state index contributed by atoms with van der Waals surface area (Å²) in [4.78, 5) is 4.37. The average molecular weight is 328 g/mol. The largest absolute Gasteiger partial charge is 0.497 e. The van der Waals surface area contributed by atoms with E-state index in [0.717, 1.165) is 33.1 Å². The van der Waals surface area contributed by atoms with Crippen LogP contribution in [0.4, 0.5) is 0 Å². The van der Waals surface area contributed by atoms with Gasteiger partial charge in [-0.25, -0.2) is 4.98 Å². The number of benzene rings is 1. The molecule has 0 aliphatic carbocycles. The van der Waals surface area contributed by atoms with E-state index in [1.54, 1.807) is 18.4 Å². The third-order valence-electron chi connectivity index (χ3n) is 2.46. The van der Waals surface area contributed by atoms with E-state index in [2.05, 4.69) is 20.9 Å². The van der Waals surface area contributed by atoms with Crippen LogP contribution < -0.4 is 9.47 Å². The lowest BCUT2D eigenvalue weighted by atomic mass is 10.2. The van der Waals surface area contributed by atoms with Crippen LogP contribution in [-0.2, 0) is 11.9 Å². The highest BCUT2D eigenvalue weighted by atomic mass is 79.9. The van der Waals surface area contributed by atoms with E-state index in [9.17, 15) is 0 Å². The fourth-order valence-corrected chi connectivity index (χ4v) is 2.59. The third kappa shape index (κ3) is 3.23. The van der Waals surface area contributed by atoms with E-state index in [0.29, 0.717) is 6.61 Å². The summed E-state index contributed by atoms with van der Waals surface area (Å²) in [5.41, 5.74) is 2.06. The molecule has 2 rings (SSSR count). The van der Waals surface area contributed by atoms with Crippen LogP contribution in [0, 0.1) is 6.92 Å². The van der Waals surface area contributed by atoms with Crippen molar-refractivity contribution in [1.29, 1.82) is 0 Å². The van der Waals surface area contributed by atoms with Crippen molar-refractivity contribution in [2.75, 3.05) is 7.11 Å². The van der Waals surface area contributed by atoms with Gasteiger partial charge in [0.25, 0.3) is 0 Å². The number of ether oxygens (including phenoxy) is 2. The Hall–Kier alpha value is -1.07. The monoisotopic (exact) mass is 327 g/mol. The molecule has 1 aromatic carbocycles. The molecule has 0 saturated heterocycles. The zero-order valence-electron chi connectivity index (χ0n) is 10.3. The summed E-state index contributed by atoms with van der Waals surface area (Å²) in [6, 6.07) is 5.82. The molecule has 0 unspecified atom stereocenters. The van der Waals surface area contributed by atoms with Gasteiger partial charge in [-0.05, 0) is 13.0 Å². The van der Waals surface area contributed by atoms with Gasteiger partial charge in [0, 0.05) is 22.3 Å². The summed E-state index contributed by atoms with van der Waals surface area (Å²) in [5.74, 6) is 1.63. The lowest BCUT2D eigenvalue weighted by molar-refractivity contribution is 0.297. The molecule has 0 atom stereocenters. The molecule has 0 aliphatic heterocycles. The molecule has 0 N–H and O–H groups in total. The van der Waals surface area contributed by atoms with Gasteiger partial charge in [-0.3, -0.25) is 0 Å². The fraction of sp³-hybridized carbons (Fsp3) is 0.308. The standard InChI is InChI=1S/C13H14BrNO2S/c1-9-15-11(8-18-9)7-17-13-5-12(16-2)4-3-10(13)6-14/h3-5,8H,6-7H2,1-2H3. The second-order valence-electron chi connectivity index (χ2n) is 3.75. The topological polar surface area (TPSA) is 31.4 Å². The molecule has 0 spiro atoms. The summed E-state index contributed by atoms with van der Waals surface area (Å²) in [5, 5.41) is 3.83. The van der Waals surface area contributed by atoms with Crippen LogP contribution in [0.15, 0.2) is 23.6 Å². The second kappa shape index (κ2) is 6.20. The Morgan fingerprint density at radius 1 is 1.39 bits per heavy atom. The van der Waals surface area contributed by atoms with Gasteiger partial charge in [0.2, 0.25) is 0 Å². The maximum absolute atomic E-state index is 5.80. The van der Waals surface area contributed by atoms with Crippen molar-refractivity contribution in [3.05, 3.63) is 39.8 Å². The summed E-state index contributed by atoms with van der Waals surface area (Å²) < 4.78 is 11.0. The molecule has 0 fully saturated rings. The number of aryl methyl sites for hydroxylation is 1. The number of hydrogen-bond acceptors (Lipinski definition) is 4. The number of rotatable bonds is 5. The van der Waals surface area contributed by atoms with Crippen molar-refractivity contribution in [3.8, 4) is 11.5 Å². The van der Waals surface area contributed by atoms with Crippen molar-refractivity contribution in [2.45, 2.75) is 18.9 Å². The fourth-order valence-electron chi connectivity index (χ4n) is 1.53. The summed E-state index contributed by atoms with van der Waals surface area (Å²) >= 11 is 5.08. The smallest absolute Gasteiger partial charge is 0.131 e. The molecule has 18 heavy (non-hydrogen) atoms. The van der Waals surface area contributed by atoms with Gasteiger partial charge in [-0.15, -0.1) is 11.3 Å². The minimum absolute atomic E-state index is 0.484. The van der Waals surface area contributed by atoms with Crippen molar-refractivity contribution < 1.29 is 9.47 Å². The minimum Gasteiger partial charge on any atom is -0.497 e. The van der Waals surface area contributed by atoms with Gasteiger partial charge in [-0.1, -0.05) is 22.0 Å². The molecule has 0 amide bonds. The first kappa shape index (κ1) is 13.4. The molecule has 0 radical (unpaired) electrons. The first-order valence-electron chi connectivity index (χ1n) is 5.49. The van der Waals surface area contributed by atoms with Crippen LogP contribution in [0.25, 0.3) is 0 Å². The van der Waals surface area contributed by atoms with Crippen LogP contribution >= 0.6 is 27.3 Å². The first-order chi connectivity index (χ1) is 8.72. The Morgan fingerprint density at radius 2 is 2.22 bits per heavy atom. The van der Waals surface area contributed by atoms with E-state index in [-0.39, 0.29) is 0 Å². The Kier molecular flexibility index (Phi) is 4.60. The van der Waals surface area contributed by atoms with Gasteiger partial charge < -0.3 is 9.47 Å². The molecular formula is C13H14BrNO2S. The summed E-state index contributed by atoms with van der Waals surface area (Å²) in [6.45, 7) is 2.47. The molecule has 0 bridgehead atoms. The molecule has 0 saturated carbocycles. The zero-order valence-corrected chi connectivity index (χ0v) is 12.7. The van der Waals surface area contributed by atoms with E-state index < -0.39 is 0 Å². The average Bonchev–Trinajstić information content (AvgIpc) is 2.81. The number of hydrogen-bond donors (Lipinski definition) is 0. The number of halogens is 1. The quantitative estimate of drug-likeness (QED) is 0.779. The molecule has 1 aromatic heterocycles. The van der Waals surface area contributed by atoms with Crippen LogP contribution in [-0.4, -0.2) is 12.1 Å². The van der Waals surface area contributed by atoms with Gasteiger partial charge in [-0.2, -0.15) is 0 Å². The molecule has 96 valence electrons. The maximum atomic E-state index is 5.80. The van der Waals surface area contributed by atoms with E-state index >= 15 is 0 Å². The van der Waals surface area contributed by atoms with Crippen LogP contribution in [0.1, 0.15) is 16.3 Å². The van der Waals surface area contributed by atoms with Crippen LogP contribution in [0.3, 0.4) is 0 Å². The Morgan fingerprint density at radius 3 is 2.83 bits per heavy atom. The highest BCUT2D eigenvalue weighted by Crippen LogP contribution is 2.27. The maximum Gasteiger partial charge on any atom is 0.131 e. The molecule has 1 heterocycles. The lowest BCUT2D eigenvalue weighted by Crippen LogP contribution is -1.99. The number of thiazole rings is 1. The van der Waals surface area contributed by atoms with Gasteiger partial charge in [0.05, 0.1) is 17.8 Å². The number of aromatic nitrogens is 1. The predicted octanol–water partition coefficient (Wildman–Crippen LogP) is 3.93. The molecule has 5 heteroatoms. The Labute approximate surface area is 119 Å². The van der Waals surface area contributed by atoms with Crippen molar-refractivity contribution in [2.24, 2.45) is 0 Å². The normalized spacial score (nSPS) is 10.4. The lowest BCUT2D eigenvalue weighted by Gasteiger charge is -2.10. The second-order valence-corrected chi connectivity index (χ2v) is 5.38. The summed E-state index contributed by atoms with van der Waals surface area (Å²) in [7, 11) is 1.65. The minimum atomic E-state index is 0.484. The highest BCUT2D eigenvalue weighted by molar-refractivity contribution is 9.08. The van der Waals surface area contributed by atoms with Crippen molar-refractivity contribution in [1.82, 2.24) is 4.98 Å². The Balaban J connectivity index is 2.11. The highest BCUT2D eigenvalue weighted by Gasteiger charge is 2.06. The van der Waals surface area contributed by atoms with Gasteiger partial charge in [0.15, 0.2) is 0 Å². The molecule has 0 aliphatic rings. The third-order valence-corrected chi connectivity index (χ3v) is 3.89. The summed E-state index contributed by atoms with van der Waals surface area (Å²) in [6.07, 6.45) is 0. The van der Waals surface area contributed by atoms with Crippen molar-refractivity contribution in [3.63, 3.8) is 0 Å². The van der Waals surface area contributed by atoms with Crippen LogP contribution in [0.5, 0.6) is 11.5 Å². The van der Waals surface area contributed by atoms with Crippen molar-refractivity contribution >= 4 is 27.3 Å². The number of nitrogens with zero attached hydrogens (tertiary/aromatic N) is 1. The molecule has 3 nitrogen and oxygen atoms in total. The zero-order chi connectivity index (χ0) is 13.0. The predicted molar refractivity (Wildman–Crippen MR) is 76.8 cm³/mol. The van der Waals surface area contributed by atoms with E-state index in [1.807, 2.05) is 30.5 Å². The number of methoxy groups -OCH3 is 1. The molecule has 2 aromatic rings. The molecular weight excluding hydrogens is 314 g/mol. The Bertz CT molecular complexity index is 527. The van der Waals surface area contributed by atoms with E-state index in [4.69, 9.17) is 9.47 Å². The van der Waals surface area contributed by atoms with Crippen LogP contribution in [0.2, 0.25) is 0 Å². The van der Waals surface area contributed by atoms with E-state index in [1.165, 1.54) is 0 Å². The number of alkyl halides is 1. The SMILES string of the molecule is COc1ccc(CBr)c(OCc2csc(C)n2)c1.